The Morgan fingerprint density at radius 2 is 1.81 bits per heavy atom. The number of nitrogens with one attached hydrogen (secondary N) is 1. The number of amides is 1. The summed E-state index contributed by atoms with van der Waals surface area (Å²) in [6.07, 6.45) is -0.909. The summed E-state index contributed by atoms with van der Waals surface area (Å²) in [6, 6.07) is 13.6. The van der Waals surface area contributed by atoms with Crippen LogP contribution in [0.3, 0.4) is 0 Å². The summed E-state index contributed by atoms with van der Waals surface area (Å²) in [5.41, 5.74) is 1.40. The highest BCUT2D eigenvalue weighted by Crippen LogP contribution is 2.12. The summed E-state index contributed by atoms with van der Waals surface area (Å²) in [7, 11) is 0. The fourth-order valence-corrected chi connectivity index (χ4v) is 1.79. The molecule has 0 aliphatic heterocycles. The average molecular weight is 284 g/mol. The molecule has 106 valence electrons. The molecule has 0 aliphatic carbocycles. The van der Waals surface area contributed by atoms with Gasteiger partial charge in [-0.2, -0.15) is 5.26 Å². The molecule has 0 bridgehead atoms. The van der Waals surface area contributed by atoms with Crippen LogP contribution in [0.4, 0.5) is 4.39 Å². The molecule has 2 N–H and O–H groups in total. The van der Waals surface area contributed by atoms with E-state index in [0.717, 1.165) is 0 Å². The summed E-state index contributed by atoms with van der Waals surface area (Å²) in [5.74, 6) is -0.729. The number of hydrogen-bond acceptors (Lipinski definition) is 3. The van der Waals surface area contributed by atoms with Crippen molar-refractivity contribution in [1.82, 2.24) is 5.32 Å². The molecular weight excluding hydrogens is 271 g/mol. The van der Waals surface area contributed by atoms with Crippen LogP contribution < -0.4 is 5.32 Å². The zero-order valence-corrected chi connectivity index (χ0v) is 11.1. The highest BCUT2D eigenvalue weighted by Gasteiger charge is 2.11. The number of aliphatic hydroxyl groups is 1. The molecule has 21 heavy (non-hydrogen) atoms. The Balaban J connectivity index is 1.94. The predicted molar refractivity (Wildman–Crippen MR) is 74.9 cm³/mol. The van der Waals surface area contributed by atoms with Gasteiger partial charge in [0.1, 0.15) is 5.82 Å². The lowest BCUT2D eigenvalue weighted by molar-refractivity contribution is 0.0916. The Labute approximate surface area is 121 Å². The summed E-state index contributed by atoms with van der Waals surface area (Å²) in [6.45, 7) is 0.0183. The molecule has 1 amide bonds. The van der Waals surface area contributed by atoms with Crippen LogP contribution in [0.1, 0.15) is 27.6 Å². The molecule has 0 radical (unpaired) electrons. The third-order valence-electron chi connectivity index (χ3n) is 2.99. The van der Waals surface area contributed by atoms with E-state index < -0.39 is 6.10 Å². The number of halogens is 1. The Bertz CT molecular complexity index is 660. The quantitative estimate of drug-likeness (QED) is 0.903. The number of hydrogen-bond donors (Lipinski definition) is 2. The van der Waals surface area contributed by atoms with Crippen LogP contribution in [-0.4, -0.2) is 17.6 Å². The lowest BCUT2D eigenvalue weighted by atomic mass is 10.1. The van der Waals surface area contributed by atoms with E-state index >= 15 is 0 Å². The van der Waals surface area contributed by atoms with Crippen molar-refractivity contribution in [2.75, 3.05) is 6.54 Å². The van der Waals surface area contributed by atoms with Crippen LogP contribution in [0, 0.1) is 17.1 Å². The highest BCUT2D eigenvalue weighted by molar-refractivity contribution is 5.94. The molecule has 1 atom stereocenters. The molecule has 0 saturated carbocycles. The van der Waals surface area contributed by atoms with Crippen molar-refractivity contribution in [2.24, 2.45) is 0 Å². The molecule has 0 saturated heterocycles. The first-order valence-electron chi connectivity index (χ1n) is 6.32. The van der Waals surface area contributed by atoms with Crippen LogP contribution in [0.15, 0.2) is 48.5 Å². The fourth-order valence-electron chi connectivity index (χ4n) is 1.79. The summed E-state index contributed by atoms with van der Waals surface area (Å²) in [5, 5.41) is 21.2. The number of nitriles is 1. The molecule has 0 heterocycles. The minimum Gasteiger partial charge on any atom is -0.387 e. The first kappa shape index (κ1) is 14.7. The number of carbonyl (C=O) groups excluding carboxylic acids is 1. The van der Waals surface area contributed by atoms with E-state index in [1.807, 2.05) is 6.07 Å². The second-order valence-electron chi connectivity index (χ2n) is 4.47. The van der Waals surface area contributed by atoms with Crippen molar-refractivity contribution in [3.63, 3.8) is 0 Å². The largest absolute Gasteiger partial charge is 0.387 e. The van der Waals surface area contributed by atoms with E-state index in [2.05, 4.69) is 5.32 Å². The maximum atomic E-state index is 12.8. The lowest BCUT2D eigenvalue weighted by Gasteiger charge is -2.12. The topological polar surface area (TPSA) is 73.1 Å². The zero-order chi connectivity index (χ0) is 15.2. The van der Waals surface area contributed by atoms with Gasteiger partial charge in [0, 0.05) is 12.1 Å². The summed E-state index contributed by atoms with van der Waals surface area (Å²) >= 11 is 0. The van der Waals surface area contributed by atoms with Crippen LogP contribution in [0.2, 0.25) is 0 Å². The van der Waals surface area contributed by atoms with E-state index in [0.29, 0.717) is 16.7 Å². The Kier molecular flexibility index (Phi) is 4.64. The molecular formula is C16H13FN2O2. The van der Waals surface area contributed by atoms with Crippen molar-refractivity contribution in [3.8, 4) is 6.07 Å². The normalized spacial score (nSPS) is 11.5. The Hall–Kier alpha value is -2.71. The van der Waals surface area contributed by atoms with E-state index in [9.17, 15) is 14.3 Å². The van der Waals surface area contributed by atoms with Crippen LogP contribution in [0.25, 0.3) is 0 Å². The van der Waals surface area contributed by atoms with E-state index in [-0.39, 0.29) is 18.3 Å². The molecule has 2 aromatic rings. The number of nitrogens with zero attached hydrogens (tertiary/aromatic N) is 1. The smallest absolute Gasteiger partial charge is 0.251 e. The third kappa shape index (κ3) is 3.88. The van der Waals surface area contributed by atoms with Crippen LogP contribution in [-0.2, 0) is 0 Å². The molecule has 0 spiro atoms. The minimum atomic E-state index is -0.909. The minimum absolute atomic E-state index is 0.0183. The van der Waals surface area contributed by atoms with Crippen molar-refractivity contribution in [3.05, 3.63) is 71.0 Å². The SMILES string of the molecule is N#Cc1ccc(C(=O)NCC(O)c2ccc(F)cc2)cc1. The highest BCUT2D eigenvalue weighted by atomic mass is 19.1. The van der Waals surface area contributed by atoms with Gasteiger partial charge >= 0.3 is 0 Å². The number of carbonyl (C=O) groups is 1. The van der Waals surface area contributed by atoms with Crippen molar-refractivity contribution < 1.29 is 14.3 Å². The van der Waals surface area contributed by atoms with Gasteiger partial charge < -0.3 is 10.4 Å². The van der Waals surface area contributed by atoms with Crippen LogP contribution >= 0.6 is 0 Å². The number of benzene rings is 2. The molecule has 0 fully saturated rings. The van der Waals surface area contributed by atoms with Gasteiger partial charge in [-0.25, -0.2) is 4.39 Å². The van der Waals surface area contributed by atoms with Gasteiger partial charge in [0.25, 0.3) is 5.91 Å². The summed E-state index contributed by atoms with van der Waals surface area (Å²) < 4.78 is 12.8. The average Bonchev–Trinajstić information content (AvgIpc) is 2.53. The second-order valence-corrected chi connectivity index (χ2v) is 4.47. The predicted octanol–water partition coefficient (Wildman–Crippen LogP) is 2.16. The zero-order valence-electron chi connectivity index (χ0n) is 11.1. The molecule has 2 rings (SSSR count). The molecule has 1 unspecified atom stereocenters. The number of aliphatic hydroxyl groups excluding tert-OH is 1. The monoisotopic (exact) mass is 284 g/mol. The summed E-state index contributed by atoms with van der Waals surface area (Å²) in [4.78, 5) is 11.9. The first-order chi connectivity index (χ1) is 10.1. The second kappa shape index (κ2) is 6.64. The van der Waals surface area contributed by atoms with Gasteiger partial charge in [0.05, 0.1) is 17.7 Å². The van der Waals surface area contributed by atoms with Gasteiger partial charge in [-0.05, 0) is 42.0 Å². The molecule has 0 aromatic heterocycles. The first-order valence-corrected chi connectivity index (χ1v) is 6.32. The maximum absolute atomic E-state index is 12.8. The van der Waals surface area contributed by atoms with Gasteiger partial charge in [-0.15, -0.1) is 0 Å². The van der Waals surface area contributed by atoms with Gasteiger partial charge in [0.2, 0.25) is 0 Å². The maximum Gasteiger partial charge on any atom is 0.251 e. The Morgan fingerprint density at radius 3 is 2.38 bits per heavy atom. The molecule has 0 aliphatic rings. The van der Waals surface area contributed by atoms with E-state index in [4.69, 9.17) is 5.26 Å². The van der Waals surface area contributed by atoms with Crippen molar-refractivity contribution in [2.45, 2.75) is 6.10 Å². The van der Waals surface area contributed by atoms with E-state index in [1.165, 1.54) is 36.4 Å². The van der Waals surface area contributed by atoms with Crippen molar-refractivity contribution >= 4 is 5.91 Å². The van der Waals surface area contributed by atoms with Gasteiger partial charge in [-0.1, -0.05) is 12.1 Å². The van der Waals surface area contributed by atoms with Gasteiger partial charge in [-0.3, -0.25) is 4.79 Å². The van der Waals surface area contributed by atoms with Crippen molar-refractivity contribution in [1.29, 1.82) is 5.26 Å². The molecule has 2 aromatic carbocycles. The lowest BCUT2D eigenvalue weighted by Crippen LogP contribution is -2.28. The third-order valence-corrected chi connectivity index (χ3v) is 2.99. The Morgan fingerprint density at radius 1 is 1.19 bits per heavy atom. The molecule has 5 heteroatoms. The van der Waals surface area contributed by atoms with E-state index in [1.54, 1.807) is 12.1 Å². The van der Waals surface area contributed by atoms with Crippen LogP contribution in [0.5, 0.6) is 0 Å². The van der Waals surface area contributed by atoms with Gasteiger partial charge in [0.15, 0.2) is 0 Å². The number of rotatable bonds is 4. The fraction of sp³-hybridized carbons (Fsp3) is 0.125. The standard InChI is InChI=1S/C16H13FN2O2/c17-14-7-5-12(6-8-14)15(20)10-19-16(21)13-3-1-11(9-18)2-4-13/h1-8,15,20H,10H2,(H,19,21). The molecule has 4 nitrogen and oxygen atoms in total.